The third-order valence-corrected chi connectivity index (χ3v) is 5.05. The van der Waals surface area contributed by atoms with Gasteiger partial charge in [-0.3, -0.25) is 4.90 Å². The first-order valence-electron chi connectivity index (χ1n) is 8.66. The number of hydrogen-bond acceptors (Lipinski definition) is 3. The van der Waals surface area contributed by atoms with Crippen LogP contribution in [0.5, 0.6) is 0 Å². The number of β-amino-alcohol motifs (C(OH)–C–C–N with tert-alkyl or cyclic N) is 1. The average Bonchev–Trinajstić information content (AvgIpc) is 2.44. The highest BCUT2D eigenvalue weighted by atomic mass is 16.5. The van der Waals surface area contributed by atoms with E-state index < -0.39 is 0 Å². The van der Waals surface area contributed by atoms with Gasteiger partial charge in [-0.25, -0.2) is 0 Å². The first-order valence-corrected chi connectivity index (χ1v) is 8.66. The molecule has 3 nitrogen and oxygen atoms in total. The molecule has 0 aromatic heterocycles. The minimum atomic E-state index is -0.388. The molecule has 1 N–H and O–H groups in total. The van der Waals surface area contributed by atoms with Gasteiger partial charge in [-0.05, 0) is 29.9 Å². The quantitative estimate of drug-likeness (QED) is 0.877. The molecule has 1 fully saturated rings. The molecule has 122 valence electrons. The van der Waals surface area contributed by atoms with E-state index in [1.165, 1.54) is 24.8 Å². The van der Waals surface area contributed by atoms with Crippen molar-refractivity contribution in [2.75, 3.05) is 26.3 Å². The average molecular weight is 303 g/mol. The van der Waals surface area contributed by atoms with Crippen LogP contribution in [0.1, 0.15) is 44.2 Å². The minimum absolute atomic E-state index is 0.355. The van der Waals surface area contributed by atoms with Gasteiger partial charge < -0.3 is 9.84 Å². The maximum atomic E-state index is 10.3. The maximum absolute atomic E-state index is 10.3. The predicted octanol–water partition coefficient (Wildman–Crippen LogP) is 2.96. The number of aliphatic hydroxyl groups is 1. The summed E-state index contributed by atoms with van der Waals surface area (Å²) < 4.78 is 5.58. The van der Waals surface area contributed by atoms with Crippen LogP contribution in [0.15, 0.2) is 24.3 Å². The number of aliphatic hydroxyl groups excluding tert-OH is 1. The van der Waals surface area contributed by atoms with Crippen molar-refractivity contribution in [2.24, 2.45) is 5.92 Å². The van der Waals surface area contributed by atoms with Gasteiger partial charge in [-0.15, -0.1) is 0 Å². The molecule has 1 unspecified atom stereocenters. The van der Waals surface area contributed by atoms with Gasteiger partial charge in [0.25, 0.3) is 0 Å². The summed E-state index contributed by atoms with van der Waals surface area (Å²) in [7, 11) is 0. The van der Waals surface area contributed by atoms with Crippen LogP contribution in [-0.2, 0) is 16.7 Å². The number of ether oxygens (including phenoxy) is 1. The topological polar surface area (TPSA) is 32.7 Å². The molecule has 1 aromatic carbocycles. The molecular formula is C19H29NO2. The highest BCUT2D eigenvalue weighted by molar-refractivity contribution is 5.38. The second kappa shape index (κ2) is 6.69. The van der Waals surface area contributed by atoms with E-state index in [4.69, 9.17) is 4.74 Å². The molecule has 3 rings (SSSR count). The Morgan fingerprint density at radius 2 is 2.00 bits per heavy atom. The Morgan fingerprint density at radius 1 is 1.23 bits per heavy atom. The third kappa shape index (κ3) is 3.37. The van der Waals surface area contributed by atoms with E-state index in [2.05, 4.69) is 43.0 Å². The van der Waals surface area contributed by atoms with Gasteiger partial charge in [0.1, 0.15) is 0 Å². The Bertz CT molecular complexity index is 496. The summed E-state index contributed by atoms with van der Waals surface area (Å²) >= 11 is 0. The Kier molecular flexibility index (Phi) is 4.86. The van der Waals surface area contributed by atoms with E-state index >= 15 is 0 Å². The van der Waals surface area contributed by atoms with Crippen molar-refractivity contribution in [3.63, 3.8) is 0 Å². The summed E-state index contributed by atoms with van der Waals surface area (Å²) in [6.45, 7) is 8.20. The highest BCUT2D eigenvalue weighted by Gasteiger charge is 2.44. The van der Waals surface area contributed by atoms with Gasteiger partial charge in [-0.1, -0.05) is 44.5 Å². The maximum Gasteiger partial charge on any atom is 0.0900 e. The Labute approximate surface area is 134 Å². The van der Waals surface area contributed by atoms with Gasteiger partial charge in [0, 0.05) is 31.7 Å². The normalized spacial score (nSPS) is 21.6. The zero-order valence-corrected chi connectivity index (χ0v) is 13.9. The molecule has 0 radical (unpaired) electrons. The summed E-state index contributed by atoms with van der Waals surface area (Å²) in [4.78, 5) is 2.42. The molecule has 1 atom stereocenters. The lowest BCUT2D eigenvalue weighted by atomic mass is 9.61. The van der Waals surface area contributed by atoms with Crippen molar-refractivity contribution in [1.29, 1.82) is 0 Å². The van der Waals surface area contributed by atoms with Gasteiger partial charge in [0.2, 0.25) is 0 Å². The predicted molar refractivity (Wildman–Crippen MR) is 88.9 cm³/mol. The standard InChI is InChI=1S/C19H29NO2/c1-15(2)12-22-13-17(21)11-20-10-16-6-3-4-7-18(16)19(14-20)8-5-9-19/h3-4,6-7,15,17,21H,5,8-14H2,1-2H3. The number of fused-ring (bicyclic) bond motifs is 2. The highest BCUT2D eigenvalue weighted by Crippen LogP contribution is 2.48. The van der Waals surface area contributed by atoms with Crippen molar-refractivity contribution in [3.8, 4) is 0 Å². The van der Waals surface area contributed by atoms with Crippen LogP contribution in [-0.4, -0.2) is 42.4 Å². The Morgan fingerprint density at radius 3 is 2.68 bits per heavy atom. The summed E-state index contributed by atoms with van der Waals surface area (Å²) in [5, 5.41) is 10.3. The molecular weight excluding hydrogens is 274 g/mol. The molecule has 1 saturated carbocycles. The van der Waals surface area contributed by atoms with E-state index in [9.17, 15) is 5.11 Å². The van der Waals surface area contributed by atoms with Crippen molar-refractivity contribution in [1.82, 2.24) is 4.90 Å². The third-order valence-electron chi connectivity index (χ3n) is 5.05. The Hall–Kier alpha value is -0.900. The van der Waals surface area contributed by atoms with Crippen LogP contribution in [0.25, 0.3) is 0 Å². The van der Waals surface area contributed by atoms with E-state index in [1.54, 1.807) is 5.56 Å². The fourth-order valence-corrected chi connectivity index (χ4v) is 3.94. The second-order valence-electron chi connectivity index (χ2n) is 7.55. The summed E-state index contributed by atoms with van der Waals surface area (Å²) in [6, 6.07) is 8.87. The number of hydrogen-bond donors (Lipinski definition) is 1. The fourth-order valence-electron chi connectivity index (χ4n) is 3.94. The van der Waals surface area contributed by atoms with Crippen LogP contribution in [0, 0.1) is 5.92 Å². The Balaban J connectivity index is 1.60. The second-order valence-corrected chi connectivity index (χ2v) is 7.55. The van der Waals surface area contributed by atoms with E-state index in [0.717, 1.165) is 19.7 Å². The molecule has 0 bridgehead atoms. The zero-order chi connectivity index (χ0) is 15.6. The van der Waals surface area contributed by atoms with Crippen molar-refractivity contribution < 1.29 is 9.84 Å². The molecule has 2 aliphatic rings. The van der Waals surface area contributed by atoms with Crippen LogP contribution in [0.4, 0.5) is 0 Å². The number of benzene rings is 1. The van der Waals surface area contributed by atoms with Crippen LogP contribution in [0.2, 0.25) is 0 Å². The van der Waals surface area contributed by atoms with Gasteiger partial charge in [0.15, 0.2) is 0 Å². The molecule has 1 aliphatic heterocycles. The minimum Gasteiger partial charge on any atom is -0.389 e. The lowest BCUT2D eigenvalue weighted by Crippen LogP contribution is -2.51. The molecule has 1 aromatic rings. The SMILES string of the molecule is CC(C)COCC(O)CN1Cc2ccccc2C2(CCC2)C1. The molecule has 3 heteroatoms. The number of rotatable bonds is 6. The lowest BCUT2D eigenvalue weighted by molar-refractivity contribution is -0.00379. The van der Waals surface area contributed by atoms with E-state index in [1.807, 2.05) is 0 Å². The van der Waals surface area contributed by atoms with Crippen molar-refractivity contribution >= 4 is 0 Å². The lowest BCUT2D eigenvalue weighted by Gasteiger charge is -2.50. The monoisotopic (exact) mass is 303 g/mol. The number of nitrogens with zero attached hydrogens (tertiary/aromatic N) is 1. The van der Waals surface area contributed by atoms with Crippen LogP contribution < -0.4 is 0 Å². The first kappa shape index (κ1) is 16.0. The van der Waals surface area contributed by atoms with Gasteiger partial charge >= 0.3 is 0 Å². The van der Waals surface area contributed by atoms with E-state index in [0.29, 0.717) is 24.5 Å². The van der Waals surface area contributed by atoms with Crippen LogP contribution >= 0.6 is 0 Å². The summed E-state index contributed by atoms with van der Waals surface area (Å²) in [5.74, 6) is 0.521. The first-order chi connectivity index (χ1) is 10.6. The molecule has 22 heavy (non-hydrogen) atoms. The molecule has 0 amide bonds. The largest absolute Gasteiger partial charge is 0.389 e. The van der Waals surface area contributed by atoms with Crippen molar-refractivity contribution in [2.45, 2.75) is 51.2 Å². The zero-order valence-electron chi connectivity index (χ0n) is 13.9. The summed E-state index contributed by atoms with van der Waals surface area (Å²) in [6.07, 6.45) is 3.53. The molecule has 0 saturated heterocycles. The van der Waals surface area contributed by atoms with Crippen molar-refractivity contribution in [3.05, 3.63) is 35.4 Å². The molecule has 1 spiro atoms. The van der Waals surface area contributed by atoms with Gasteiger partial charge in [-0.2, -0.15) is 0 Å². The molecule has 1 heterocycles. The smallest absolute Gasteiger partial charge is 0.0900 e. The van der Waals surface area contributed by atoms with Crippen LogP contribution in [0.3, 0.4) is 0 Å². The fraction of sp³-hybridized carbons (Fsp3) is 0.684. The van der Waals surface area contributed by atoms with E-state index in [-0.39, 0.29) is 6.10 Å². The summed E-state index contributed by atoms with van der Waals surface area (Å²) in [5.41, 5.74) is 3.36. The van der Waals surface area contributed by atoms with Gasteiger partial charge in [0.05, 0.1) is 12.7 Å². The molecule has 1 aliphatic carbocycles.